The van der Waals surface area contributed by atoms with Gasteiger partial charge in [-0.2, -0.15) is 0 Å². The summed E-state index contributed by atoms with van der Waals surface area (Å²) in [4.78, 5) is 11.8. The highest BCUT2D eigenvalue weighted by atomic mass is 16.5. The average molecular weight is 220 g/mol. The molecular weight excluding hydrogens is 200 g/mol. The van der Waals surface area contributed by atoms with Crippen LogP contribution in [0.2, 0.25) is 0 Å². The second kappa shape index (κ2) is 5.80. The van der Waals surface area contributed by atoms with E-state index in [0.29, 0.717) is 12.5 Å². The van der Waals surface area contributed by atoms with Gasteiger partial charge < -0.3 is 4.74 Å². The number of rotatable bonds is 5. The lowest BCUT2D eigenvalue weighted by Crippen LogP contribution is -2.12. The minimum absolute atomic E-state index is 0.0590. The lowest BCUT2D eigenvalue weighted by molar-refractivity contribution is 0.0705. The molecule has 0 aromatic heterocycles. The predicted octanol–water partition coefficient (Wildman–Crippen LogP) is 3.16. The van der Waals surface area contributed by atoms with Crippen molar-refractivity contribution in [3.63, 3.8) is 0 Å². The third-order valence-corrected chi connectivity index (χ3v) is 2.51. The fourth-order valence-corrected chi connectivity index (χ4v) is 1.39. The van der Waals surface area contributed by atoms with E-state index in [9.17, 15) is 4.79 Å². The van der Waals surface area contributed by atoms with Crippen LogP contribution in [-0.4, -0.2) is 19.0 Å². The van der Waals surface area contributed by atoms with Crippen LogP contribution >= 0.6 is 0 Å². The summed E-state index contributed by atoms with van der Waals surface area (Å²) in [5.74, 6) is 0.524. The average Bonchev–Trinajstić information content (AvgIpc) is 2.21. The molecule has 0 spiro atoms. The van der Waals surface area contributed by atoms with Crippen molar-refractivity contribution in [1.29, 1.82) is 0 Å². The molecule has 0 saturated heterocycles. The first kappa shape index (κ1) is 12.9. The Morgan fingerprint density at radius 2 is 1.94 bits per heavy atom. The number of hydrogen-bond acceptors (Lipinski definition) is 2. The molecule has 0 fully saturated rings. The maximum Gasteiger partial charge on any atom is 0.188 e. The van der Waals surface area contributed by atoms with Crippen molar-refractivity contribution < 1.29 is 9.53 Å². The van der Waals surface area contributed by atoms with Gasteiger partial charge in [0, 0.05) is 12.2 Å². The highest BCUT2D eigenvalue weighted by Gasteiger charge is 2.07. The van der Waals surface area contributed by atoms with Crippen molar-refractivity contribution in [2.75, 3.05) is 13.2 Å². The molecule has 0 aliphatic rings. The van der Waals surface area contributed by atoms with Crippen molar-refractivity contribution in [2.45, 2.75) is 27.7 Å². The van der Waals surface area contributed by atoms with E-state index in [-0.39, 0.29) is 12.4 Å². The Morgan fingerprint density at radius 1 is 1.25 bits per heavy atom. The van der Waals surface area contributed by atoms with Crippen LogP contribution in [0.3, 0.4) is 0 Å². The van der Waals surface area contributed by atoms with Gasteiger partial charge in [0.15, 0.2) is 5.78 Å². The molecule has 0 unspecified atom stereocenters. The lowest BCUT2D eigenvalue weighted by Gasteiger charge is -2.07. The Balaban J connectivity index is 2.56. The molecule has 0 heterocycles. The molecule has 0 amide bonds. The Bertz CT molecular complexity index is 367. The van der Waals surface area contributed by atoms with Gasteiger partial charge in [-0.05, 0) is 37.0 Å². The van der Waals surface area contributed by atoms with Crippen molar-refractivity contribution >= 4 is 5.78 Å². The smallest absolute Gasteiger partial charge is 0.188 e. The number of ketones is 1. The molecule has 2 heteroatoms. The van der Waals surface area contributed by atoms with Crippen LogP contribution < -0.4 is 0 Å². The SMILES string of the molecule is Cc1ccc(C(=O)COCC(C)C)cc1C. The van der Waals surface area contributed by atoms with Gasteiger partial charge in [0.1, 0.15) is 6.61 Å². The summed E-state index contributed by atoms with van der Waals surface area (Å²) in [6, 6.07) is 5.77. The first-order valence-electron chi connectivity index (χ1n) is 5.69. The van der Waals surface area contributed by atoms with Crippen molar-refractivity contribution in [2.24, 2.45) is 5.92 Å². The summed E-state index contributed by atoms with van der Waals surface area (Å²) >= 11 is 0. The molecule has 1 rings (SSSR count). The quantitative estimate of drug-likeness (QED) is 0.712. The summed E-state index contributed by atoms with van der Waals surface area (Å²) in [5.41, 5.74) is 3.10. The van der Waals surface area contributed by atoms with E-state index in [4.69, 9.17) is 4.74 Å². The zero-order valence-corrected chi connectivity index (χ0v) is 10.5. The van der Waals surface area contributed by atoms with Gasteiger partial charge in [0.2, 0.25) is 0 Å². The largest absolute Gasteiger partial charge is 0.373 e. The van der Waals surface area contributed by atoms with Crippen LogP contribution in [0.15, 0.2) is 18.2 Å². The molecule has 0 aliphatic heterocycles. The minimum atomic E-state index is 0.0590. The molecule has 88 valence electrons. The van der Waals surface area contributed by atoms with Crippen LogP contribution in [0.4, 0.5) is 0 Å². The Hall–Kier alpha value is -1.15. The van der Waals surface area contributed by atoms with E-state index in [1.165, 1.54) is 5.56 Å². The van der Waals surface area contributed by atoms with Crippen LogP contribution in [-0.2, 0) is 4.74 Å². The van der Waals surface area contributed by atoms with E-state index < -0.39 is 0 Å². The molecule has 2 nitrogen and oxygen atoms in total. The minimum Gasteiger partial charge on any atom is -0.373 e. The van der Waals surface area contributed by atoms with Crippen molar-refractivity contribution in [3.8, 4) is 0 Å². The fraction of sp³-hybridized carbons (Fsp3) is 0.500. The van der Waals surface area contributed by atoms with E-state index in [2.05, 4.69) is 13.8 Å². The molecule has 1 aromatic rings. The number of benzene rings is 1. The van der Waals surface area contributed by atoms with Gasteiger partial charge in [-0.3, -0.25) is 4.79 Å². The Morgan fingerprint density at radius 3 is 2.50 bits per heavy atom. The van der Waals surface area contributed by atoms with Crippen LogP contribution in [0.25, 0.3) is 0 Å². The summed E-state index contributed by atoms with van der Waals surface area (Å²) in [6.07, 6.45) is 0. The topological polar surface area (TPSA) is 26.3 Å². The van der Waals surface area contributed by atoms with Gasteiger partial charge in [0.25, 0.3) is 0 Å². The molecule has 0 atom stereocenters. The van der Waals surface area contributed by atoms with Crippen molar-refractivity contribution in [1.82, 2.24) is 0 Å². The summed E-state index contributed by atoms with van der Waals surface area (Å²) in [7, 11) is 0. The molecule has 0 radical (unpaired) electrons. The Kier molecular flexibility index (Phi) is 4.69. The van der Waals surface area contributed by atoms with E-state index in [1.807, 2.05) is 32.0 Å². The molecule has 0 bridgehead atoms. The van der Waals surface area contributed by atoms with E-state index >= 15 is 0 Å². The van der Waals surface area contributed by atoms with Crippen LogP contribution in [0, 0.1) is 19.8 Å². The standard InChI is InChI=1S/C14H20O2/c1-10(2)8-16-9-14(15)13-6-5-11(3)12(4)7-13/h5-7,10H,8-9H2,1-4H3. The van der Waals surface area contributed by atoms with Gasteiger partial charge in [0.05, 0.1) is 0 Å². The second-order valence-corrected chi connectivity index (χ2v) is 4.63. The predicted molar refractivity (Wildman–Crippen MR) is 65.9 cm³/mol. The zero-order chi connectivity index (χ0) is 12.1. The van der Waals surface area contributed by atoms with Gasteiger partial charge >= 0.3 is 0 Å². The molecule has 0 N–H and O–H groups in total. The highest BCUT2D eigenvalue weighted by molar-refractivity contribution is 5.97. The maximum absolute atomic E-state index is 11.8. The fourth-order valence-electron chi connectivity index (χ4n) is 1.39. The Labute approximate surface area is 97.6 Å². The lowest BCUT2D eigenvalue weighted by atomic mass is 10.0. The second-order valence-electron chi connectivity index (χ2n) is 4.63. The summed E-state index contributed by atoms with van der Waals surface area (Å²) in [5, 5.41) is 0. The highest BCUT2D eigenvalue weighted by Crippen LogP contribution is 2.10. The van der Waals surface area contributed by atoms with Crippen LogP contribution in [0.5, 0.6) is 0 Å². The number of hydrogen-bond donors (Lipinski definition) is 0. The van der Waals surface area contributed by atoms with Crippen molar-refractivity contribution in [3.05, 3.63) is 34.9 Å². The number of ether oxygens (including phenoxy) is 1. The third-order valence-electron chi connectivity index (χ3n) is 2.51. The number of Topliss-reactive ketones (excluding diaryl/α,β-unsaturated/α-hetero) is 1. The molecule has 0 saturated carbocycles. The molecule has 0 aliphatic carbocycles. The first-order chi connectivity index (χ1) is 7.50. The summed E-state index contributed by atoms with van der Waals surface area (Å²) in [6.45, 7) is 9.01. The zero-order valence-electron chi connectivity index (χ0n) is 10.5. The number of carbonyl (C=O) groups is 1. The van der Waals surface area contributed by atoms with Gasteiger partial charge in [-0.15, -0.1) is 0 Å². The molecule has 16 heavy (non-hydrogen) atoms. The van der Waals surface area contributed by atoms with E-state index in [0.717, 1.165) is 11.1 Å². The maximum atomic E-state index is 11.8. The normalized spacial score (nSPS) is 10.8. The molecular formula is C14H20O2. The van der Waals surface area contributed by atoms with Gasteiger partial charge in [-0.1, -0.05) is 26.0 Å². The van der Waals surface area contributed by atoms with Gasteiger partial charge in [-0.25, -0.2) is 0 Å². The van der Waals surface area contributed by atoms with Crippen LogP contribution in [0.1, 0.15) is 35.3 Å². The first-order valence-corrected chi connectivity index (χ1v) is 5.69. The van der Waals surface area contributed by atoms with E-state index in [1.54, 1.807) is 0 Å². The number of carbonyl (C=O) groups excluding carboxylic acids is 1. The number of aryl methyl sites for hydroxylation is 2. The molecule has 1 aromatic carbocycles. The monoisotopic (exact) mass is 220 g/mol. The third kappa shape index (κ3) is 3.78. The summed E-state index contributed by atoms with van der Waals surface area (Å²) < 4.78 is 5.33.